The molecule has 0 spiro atoms. The molecule has 0 aliphatic rings. The number of benzene rings is 3. The Balaban J connectivity index is 1.25. The number of fused-ring (bicyclic) bond motifs is 1. The van der Waals surface area contributed by atoms with Crippen molar-refractivity contribution in [3.8, 4) is 23.2 Å². The standard InChI is InChI=1S/C34H26F2N6O3/c1-2-25-16-26(41-40-25)18-42-31-14-23(34(43)44)10-11-30(31)38-32(42)15-21-8-9-22(13-28(21)36)29-4-3-5-33(39-29)45-19-24-7-6-20(17-37)12-27(24)35/h3-14,16H,2,15,18-19H2,1H3,(H,40,41)(H,43,44). The third kappa shape index (κ3) is 6.26. The first-order valence-corrected chi connectivity index (χ1v) is 14.1. The Morgan fingerprint density at radius 3 is 2.56 bits per heavy atom. The number of pyridine rings is 1. The van der Waals surface area contributed by atoms with E-state index in [1.54, 1.807) is 42.5 Å². The molecule has 3 aromatic heterocycles. The van der Waals surface area contributed by atoms with Gasteiger partial charge in [-0.05, 0) is 60.5 Å². The molecule has 0 fully saturated rings. The van der Waals surface area contributed by atoms with Gasteiger partial charge in [0, 0.05) is 23.6 Å². The molecule has 0 saturated heterocycles. The number of aromatic nitrogens is 5. The monoisotopic (exact) mass is 604 g/mol. The number of nitrogens with zero attached hydrogens (tertiary/aromatic N) is 5. The Labute approximate surface area is 256 Å². The van der Waals surface area contributed by atoms with Crippen molar-refractivity contribution < 1.29 is 23.4 Å². The van der Waals surface area contributed by atoms with E-state index < -0.39 is 17.6 Å². The number of carboxylic acids is 1. The van der Waals surface area contributed by atoms with Crippen LogP contribution in [0.1, 0.15) is 51.2 Å². The minimum atomic E-state index is -1.05. The Hall–Kier alpha value is -5.89. The summed E-state index contributed by atoms with van der Waals surface area (Å²) in [6.07, 6.45) is 0.916. The summed E-state index contributed by atoms with van der Waals surface area (Å²) in [6.45, 7) is 2.26. The van der Waals surface area contributed by atoms with Crippen LogP contribution in [0.5, 0.6) is 5.88 Å². The third-order valence-corrected chi connectivity index (χ3v) is 7.43. The molecular formula is C34H26F2N6O3. The van der Waals surface area contributed by atoms with Crippen LogP contribution >= 0.6 is 0 Å². The van der Waals surface area contributed by atoms with E-state index in [0.29, 0.717) is 40.2 Å². The molecule has 0 saturated carbocycles. The highest BCUT2D eigenvalue weighted by Gasteiger charge is 2.17. The number of aromatic amines is 1. The molecule has 6 aromatic rings. The topological polar surface area (TPSA) is 130 Å². The maximum atomic E-state index is 15.6. The molecule has 3 aromatic carbocycles. The summed E-state index contributed by atoms with van der Waals surface area (Å²) >= 11 is 0. The fraction of sp³-hybridized carbons (Fsp3) is 0.147. The largest absolute Gasteiger partial charge is 0.478 e. The predicted molar refractivity (Wildman–Crippen MR) is 162 cm³/mol. The predicted octanol–water partition coefficient (Wildman–Crippen LogP) is 6.45. The molecule has 0 aliphatic heterocycles. The molecule has 6 rings (SSSR count). The van der Waals surface area contributed by atoms with E-state index in [1.807, 2.05) is 23.6 Å². The van der Waals surface area contributed by atoms with Crippen molar-refractivity contribution in [3.63, 3.8) is 0 Å². The molecule has 45 heavy (non-hydrogen) atoms. The highest BCUT2D eigenvalue weighted by molar-refractivity contribution is 5.92. The molecule has 224 valence electrons. The first-order valence-electron chi connectivity index (χ1n) is 14.1. The molecule has 0 unspecified atom stereocenters. The maximum absolute atomic E-state index is 15.6. The van der Waals surface area contributed by atoms with E-state index in [2.05, 4.69) is 15.2 Å². The number of halogens is 2. The number of carboxylic acid groups (broad SMARTS) is 1. The second kappa shape index (κ2) is 12.4. The van der Waals surface area contributed by atoms with Crippen LogP contribution in [0.4, 0.5) is 8.78 Å². The minimum Gasteiger partial charge on any atom is -0.478 e. The van der Waals surface area contributed by atoms with Gasteiger partial charge in [0.05, 0.1) is 51.9 Å². The number of hydrogen-bond acceptors (Lipinski definition) is 6. The zero-order chi connectivity index (χ0) is 31.5. The first kappa shape index (κ1) is 29.2. The lowest BCUT2D eigenvalue weighted by atomic mass is 10.1. The number of imidazole rings is 1. The summed E-state index contributed by atoms with van der Waals surface area (Å²) in [5, 5.41) is 25.8. The average molecular weight is 605 g/mol. The van der Waals surface area contributed by atoms with E-state index in [9.17, 15) is 14.3 Å². The number of aryl methyl sites for hydroxylation is 1. The Morgan fingerprint density at radius 1 is 1.00 bits per heavy atom. The molecule has 9 nitrogen and oxygen atoms in total. The van der Waals surface area contributed by atoms with E-state index in [4.69, 9.17) is 15.0 Å². The molecule has 0 bridgehead atoms. The van der Waals surface area contributed by atoms with Crippen LogP contribution in [0.3, 0.4) is 0 Å². The maximum Gasteiger partial charge on any atom is 0.335 e. The Morgan fingerprint density at radius 2 is 1.82 bits per heavy atom. The SMILES string of the molecule is CCc1cc(Cn2c(Cc3ccc(-c4cccc(OCc5ccc(C#N)cc5F)n4)cc3F)nc3ccc(C(=O)O)cc32)[nH]n1. The third-order valence-electron chi connectivity index (χ3n) is 7.43. The lowest BCUT2D eigenvalue weighted by molar-refractivity contribution is 0.0697. The first-order chi connectivity index (χ1) is 21.8. The Bertz CT molecular complexity index is 2100. The van der Waals surface area contributed by atoms with Gasteiger partial charge in [0.15, 0.2) is 0 Å². The van der Waals surface area contributed by atoms with E-state index >= 15 is 4.39 Å². The number of nitriles is 1. The van der Waals surface area contributed by atoms with Crippen molar-refractivity contribution in [2.45, 2.75) is 32.9 Å². The molecule has 0 aliphatic carbocycles. The molecule has 11 heteroatoms. The summed E-state index contributed by atoms with van der Waals surface area (Å²) in [6, 6.07) is 22.6. The van der Waals surface area contributed by atoms with Crippen molar-refractivity contribution in [3.05, 3.63) is 130 Å². The molecule has 0 atom stereocenters. The summed E-state index contributed by atoms with van der Waals surface area (Å²) in [7, 11) is 0. The molecular weight excluding hydrogens is 578 g/mol. The van der Waals surface area contributed by atoms with Crippen molar-refractivity contribution in [1.82, 2.24) is 24.7 Å². The van der Waals surface area contributed by atoms with E-state index in [1.165, 1.54) is 24.3 Å². The fourth-order valence-electron chi connectivity index (χ4n) is 5.02. The van der Waals surface area contributed by atoms with Crippen LogP contribution in [-0.4, -0.2) is 35.8 Å². The summed E-state index contributed by atoms with van der Waals surface area (Å²) in [5.41, 5.74) is 4.96. The van der Waals surface area contributed by atoms with Crippen LogP contribution in [0.15, 0.2) is 78.9 Å². The molecule has 0 radical (unpaired) electrons. The van der Waals surface area contributed by atoms with Gasteiger partial charge in [0.25, 0.3) is 0 Å². The van der Waals surface area contributed by atoms with Gasteiger partial charge in [0.2, 0.25) is 5.88 Å². The van der Waals surface area contributed by atoms with E-state index in [-0.39, 0.29) is 35.6 Å². The number of carbonyl (C=O) groups is 1. The van der Waals surface area contributed by atoms with E-state index in [0.717, 1.165) is 23.9 Å². The van der Waals surface area contributed by atoms with Crippen LogP contribution in [0.2, 0.25) is 0 Å². The van der Waals surface area contributed by atoms with Gasteiger partial charge < -0.3 is 14.4 Å². The lowest BCUT2D eigenvalue weighted by Gasteiger charge is -2.11. The normalized spacial score (nSPS) is 11.1. The van der Waals surface area contributed by atoms with Crippen LogP contribution < -0.4 is 4.74 Å². The van der Waals surface area contributed by atoms with Crippen molar-refractivity contribution in [2.75, 3.05) is 0 Å². The van der Waals surface area contributed by atoms with Gasteiger partial charge in [-0.25, -0.2) is 23.5 Å². The lowest BCUT2D eigenvalue weighted by Crippen LogP contribution is -2.08. The number of hydrogen-bond donors (Lipinski definition) is 2. The zero-order valence-corrected chi connectivity index (χ0v) is 24.1. The zero-order valence-electron chi connectivity index (χ0n) is 24.1. The Kier molecular flexibility index (Phi) is 8.03. The summed E-state index contributed by atoms with van der Waals surface area (Å²) in [5.74, 6) is -1.25. The van der Waals surface area contributed by atoms with Gasteiger partial charge in [-0.2, -0.15) is 10.4 Å². The minimum absolute atomic E-state index is 0.0887. The number of nitrogens with one attached hydrogen (secondary N) is 1. The average Bonchev–Trinajstić information content (AvgIpc) is 3.65. The fourth-order valence-corrected chi connectivity index (χ4v) is 5.02. The second-order valence-corrected chi connectivity index (χ2v) is 10.4. The van der Waals surface area contributed by atoms with Crippen LogP contribution in [0, 0.1) is 23.0 Å². The smallest absolute Gasteiger partial charge is 0.335 e. The summed E-state index contributed by atoms with van der Waals surface area (Å²) in [4.78, 5) is 20.9. The van der Waals surface area contributed by atoms with Gasteiger partial charge in [-0.15, -0.1) is 0 Å². The van der Waals surface area contributed by atoms with Crippen LogP contribution in [-0.2, 0) is 26.0 Å². The number of aromatic carboxylic acids is 1. The van der Waals surface area contributed by atoms with Gasteiger partial charge in [0.1, 0.15) is 24.1 Å². The highest BCUT2D eigenvalue weighted by Crippen LogP contribution is 2.26. The van der Waals surface area contributed by atoms with Gasteiger partial charge in [-0.1, -0.05) is 31.2 Å². The van der Waals surface area contributed by atoms with Crippen LogP contribution in [0.25, 0.3) is 22.3 Å². The van der Waals surface area contributed by atoms with Crippen molar-refractivity contribution >= 4 is 17.0 Å². The second-order valence-electron chi connectivity index (χ2n) is 10.4. The molecule has 3 heterocycles. The highest BCUT2D eigenvalue weighted by atomic mass is 19.1. The quantitative estimate of drug-likeness (QED) is 0.184. The van der Waals surface area contributed by atoms with Crippen molar-refractivity contribution in [1.29, 1.82) is 5.26 Å². The van der Waals surface area contributed by atoms with Gasteiger partial charge in [-0.3, -0.25) is 5.10 Å². The number of ether oxygens (including phenoxy) is 1. The van der Waals surface area contributed by atoms with Crippen molar-refractivity contribution in [2.24, 2.45) is 0 Å². The summed E-state index contributed by atoms with van der Waals surface area (Å²) < 4.78 is 37.4. The van der Waals surface area contributed by atoms with Gasteiger partial charge >= 0.3 is 5.97 Å². The molecule has 0 amide bonds. The molecule has 2 N–H and O–H groups in total. The number of rotatable bonds is 10. The number of H-pyrrole nitrogens is 1.